The van der Waals surface area contributed by atoms with E-state index < -0.39 is 0 Å². The van der Waals surface area contributed by atoms with Crippen molar-refractivity contribution in [2.75, 3.05) is 0 Å². The molecule has 0 aliphatic heterocycles. The zero-order chi connectivity index (χ0) is 9.26. The molecule has 1 aromatic rings. The Morgan fingerprint density at radius 1 is 1.62 bits per heavy atom. The maximum atomic E-state index is 4.19. The van der Waals surface area contributed by atoms with Crippen molar-refractivity contribution in [3.05, 3.63) is 18.0 Å². The fourth-order valence-electron chi connectivity index (χ4n) is 2.10. The van der Waals surface area contributed by atoms with E-state index in [0.717, 1.165) is 10.7 Å². The highest BCUT2D eigenvalue weighted by Gasteiger charge is 2.24. The second-order valence-corrected chi connectivity index (χ2v) is 5.11. The quantitative estimate of drug-likeness (QED) is 0.730. The Labute approximate surface area is 87.5 Å². The van der Waals surface area contributed by atoms with Gasteiger partial charge >= 0.3 is 0 Å². The smallest absolute Gasteiger partial charge is 0.0521 e. The minimum Gasteiger partial charge on any atom is -0.276 e. The van der Waals surface area contributed by atoms with E-state index in [1.54, 1.807) is 0 Å². The molecular weight excluding hydrogens is 228 g/mol. The van der Waals surface area contributed by atoms with Crippen LogP contribution in [-0.4, -0.2) is 14.6 Å². The number of alkyl halides is 1. The van der Waals surface area contributed by atoms with Crippen LogP contribution in [0.3, 0.4) is 0 Å². The molecule has 1 aliphatic carbocycles. The normalized spacial score (nSPS) is 28.2. The second-order valence-electron chi connectivity index (χ2n) is 3.93. The molecule has 0 amide bonds. The lowest BCUT2D eigenvalue weighted by atomic mass is 10.0. The summed E-state index contributed by atoms with van der Waals surface area (Å²) >= 11 is 3.74. The first-order chi connectivity index (χ1) is 6.25. The molecule has 1 saturated carbocycles. The standard InChI is InChI=1S/C10H15BrN2/c1-13-7-8(6-12-13)5-9-3-2-4-10(9)11/h6-7,9-10H,2-5H2,1H3. The molecule has 2 rings (SSSR count). The van der Waals surface area contributed by atoms with Crippen LogP contribution >= 0.6 is 15.9 Å². The average molecular weight is 243 g/mol. The van der Waals surface area contributed by atoms with Gasteiger partial charge in [-0.3, -0.25) is 4.68 Å². The zero-order valence-electron chi connectivity index (χ0n) is 7.91. The highest BCUT2D eigenvalue weighted by atomic mass is 79.9. The molecule has 1 fully saturated rings. The first-order valence-corrected chi connectivity index (χ1v) is 5.79. The number of nitrogens with zero attached hydrogens (tertiary/aromatic N) is 2. The van der Waals surface area contributed by atoms with E-state index in [-0.39, 0.29) is 0 Å². The Kier molecular flexibility index (Phi) is 2.72. The van der Waals surface area contributed by atoms with Gasteiger partial charge in [-0.1, -0.05) is 22.4 Å². The highest BCUT2D eigenvalue weighted by molar-refractivity contribution is 9.09. The molecule has 0 aromatic carbocycles. The van der Waals surface area contributed by atoms with Gasteiger partial charge in [-0.25, -0.2) is 0 Å². The minimum absolute atomic E-state index is 0.729. The van der Waals surface area contributed by atoms with Crippen molar-refractivity contribution < 1.29 is 0 Å². The number of hydrogen-bond donors (Lipinski definition) is 0. The summed E-state index contributed by atoms with van der Waals surface area (Å²) < 4.78 is 1.88. The number of hydrogen-bond acceptors (Lipinski definition) is 1. The molecule has 1 heterocycles. The summed E-state index contributed by atoms with van der Waals surface area (Å²) in [7, 11) is 1.98. The van der Waals surface area contributed by atoms with Crippen LogP contribution in [0.4, 0.5) is 0 Å². The summed E-state index contributed by atoms with van der Waals surface area (Å²) in [4.78, 5) is 0.729. The lowest BCUT2D eigenvalue weighted by Crippen LogP contribution is -2.09. The third-order valence-corrected chi connectivity index (χ3v) is 4.03. The molecule has 1 aromatic heterocycles. The first-order valence-electron chi connectivity index (χ1n) is 4.87. The summed E-state index contributed by atoms with van der Waals surface area (Å²) in [5, 5.41) is 4.19. The van der Waals surface area contributed by atoms with E-state index in [0.29, 0.717) is 0 Å². The van der Waals surface area contributed by atoms with Gasteiger partial charge in [-0.05, 0) is 30.7 Å². The van der Waals surface area contributed by atoms with Crippen molar-refractivity contribution in [3.8, 4) is 0 Å². The minimum atomic E-state index is 0.729. The van der Waals surface area contributed by atoms with E-state index in [2.05, 4.69) is 27.2 Å². The van der Waals surface area contributed by atoms with Crippen LogP contribution in [0, 0.1) is 5.92 Å². The van der Waals surface area contributed by atoms with Crippen LogP contribution in [0.15, 0.2) is 12.4 Å². The van der Waals surface area contributed by atoms with Crippen molar-refractivity contribution in [2.24, 2.45) is 13.0 Å². The van der Waals surface area contributed by atoms with Crippen LogP contribution in [0.2, 0.25) is 0 Å². The van der Waals surface area contributed by atoms with Gasteiger partial charge in [-0.2, -0.15) is 5.10 Å². The third kappa shape index (κ3) is 2.13. The predicted octanol–water partition coefficient (Wildman–Crippen LogP) is 2.53. The molecule has 0 radical (unpaired) electrons. The summed E-state index contributed by atoms with van der Waals surface area (Å²) in [6.45, 7) is 0. The Morgan fingerprint density at radius 3 is 3.00 bits per heavy atom. The first kappa shape index (κ1) is 9.25. The van der Waals surface area contributed by atoms with Gasteiger partial charge in [0.2, 0.25) is 0 Å². The van der Waals surface area contributed by atoms with E-state index in [4.69, 9.17) is 0 Å². The Hall–Kier alpha value is -0.310. The number of rotatable bonds is 2. The number of halogens is 1. The van der Waals surface area contributed by atoms with E-state index in [9.17, 15) is 0 Å². The zero-order valence-corrected chi connectivity index (χ0v) is 9.50. The third-order valence-electron chi connectivity index (χ3n) is 2.82. The molecule has 72 valence electrons. The highest BCUT2D eigenvalue weighted by Crippen LogP contribution is 2.33. The maximum absolute atomic E-state index is 4.19. The van der Waals surface area contributed by atoms with E-state index in [1.807, 2.05) is 17.9 Å². The van der Waals surface area contributed by atoms with Gasteiger partial charge in [0.15, 0.2) is 0 Å². The Bertz CT molecular complexity index is 282. The molecule has 0 saturated heterocycles. The van der Waals surface area contributed by atoms with Crippen molar-refractivity contribution in [1.29, 1.82) is 0 Å². The van der Waals surface area contributed by atoms with Gasteiger partial charge in [-0.15, -0.1) is 0 Å². The molecule has 3 heteroatoms. The van der Waals surface area contributed by atoms with Crippen LogP contribution < -0.4 is 0 Å². The second kappa shape index (κ2) is 3.82. The number of aromatic nitrogens is 2. The summed E-state index contributed by atoms with van der Waals surface area (Å²) in [6.07, 6.45) is 9.37. The maximum Gasteiger partial charge on any atom is 0.0521 e. The molecule has 1 aliphatic rings. The van der Waals surface area contributed by atoms with E-state index >= 15 is 0 Å². The monoisotopic (exact) mass is 242 g/mol. The summed E-state index contributed by atoms with van der Waals surface area (Å²) in [5.74, 6) is 0.823. The van der Waals surface area contributed by atoms with Gasteiger partial charge in [0, 0.05) is 18.1 Å². The Balaban J connectivity index is 1.97. The average Bonchev–Trinajstić information content (AvgIpc) is 2.64. The number of aryl methyl sites for hydroxylation is 1. The molecule has 13 heavy (non-hydrogen) atoms. The molecule has 0 N–H and O–H groups in total. The lowest BCUT2D eigenvalue weighted by molar-refractivity contribution is 0.562. The van der Waals surface area contributed by atoms with Crippen molar-refractivity contribution in [2.45, 2.75) is 30.5 Å². The van der Waals surface area contributed by atoms with Gasteiger partial charge in [0.1, 0.15) is 0 Å². The lowest BCUT2D eigenvalue weighted by Gasteiger charge is -2.11. The topological polar surface area (TPSA) is 17.8 Å². The summed E-state index contributed by atoms with van der Waals surface area (Å²) in [5.41, 5.74) is 1.37. The van der Waals surface area contributed by atoms with Gasteiger partial charge in [0.05, 0.1) is 6.20 Å². The van der Waals surface area contributed by atoms with E-state index in [1.165, 1.54) is 31.2 Å². The predicted molar refractivity (Wildman–Crippen MR) is 57.0 cm³/mol. The van der Waals surface area contributed by atoms with Crippen LogP contribution in [-0.2, 0) is 13.5 Å². The fourth-order valence-corrected chi connectivity index (χ4v) is 2.88. The SMILES string of the molecule is Cn1cc(CC2CCCC2Br)cn1. The molecule has 2 atom stereocenters. The Morgan fingerprint density at radius 2 is 2.46 bits per heavy atom. The molecule has 0 spiro atoms. The van der Waals surface area contributed by atoms with Crippen LogP contribution in [0.1, 0.15) is 24.8 Å². The van der Waals surface area contributed by atoms with Crippen LogP contribution in [0.5, 0.6) is 0 Å². The fraction of sp³-hybridized carbons (Fsp3) is 0.700. The van der Waals surface area contributed by atoms with Gasteiger partial charge < -0.3 is 0 Å². The molecular formula is C10H15BrN2. The molecule has 2 unspecified atom stereocenters. The van der Waals surface area contributed by atoms with Gasteiger partial charge in [0.25, 0.3) is 0 Å². The van der Waals surface area contributed by atoms with Crippen molar-refractivity contribution in [3.63, 3.8) is 0 Å². The largest absolute Gasteiger partial charge is 0.276 e. The van der Waals surface area contributed by atoms with Crippen LogP contribution in [0.25, 0.3) is 0 Å². The molecule has 0 bridgehead atoms. The van der Waals surface area contributed by atoms with Crippen molar-refractivity contribution >= 4 is 15.9 Å². The molecule has 2 nitrogen and oxygen atoms in total. The van der Waals surface area contributed by atoms with Crippen molar-refractivity contribution in [1.82, 2.24) is 9.78 Å². The summed E-state index contributed by atoms with van der Waals surface area (Å²) in [6, 6.07) is 0.